The molecule has 1 N–H and O–H groups in total. The Morgan fingerprint density at radius 1 is 1.58 bits per heavy atom. The van der Waals surface area contributed by atoms with E-state index in [0.717, 1.165) is 29.8 Å². The van der Waals surface area contributed by atoms with Crippen molar-refractivity contribution in [2.45, 2.75) is 26.7 Å². The van der Waals surface area contributed by atoms with Crippen LogP contribution in [0.3, 0.4) is 0 Å². The SMILES string of the molecule is Cc1cc2c([nH]1)CCC(C)C2=O. The summed E-state index contributed by atoms with van der Waals surface area (Å²) < 4.78 is 0. The second kappa shape index (κ2) is 2.47. The van der Waals surface area contributed by atoms with Crippen LogP contribution in [0.15, 0.2) is 6.07 Å². The third-order valence-corrected chi connectivity index (χ3v) is 2.57. The molecule has 1 aromatic rings. The summed E-state index contributed by atoms with van der Waals surface area (Å²) in [5, 5.41) is 0. The molecule has 0 saturated heterocycles. The molecule has 0 radical (unpaired) electrons. The van der Waals surface area contributed by atoms with E-state index in [0.29, 0.717) is 5.78 Å². The molecule has 2 nitrogen and oxygen atoms in total. The largest absolute Gasteiger partial charge is 0.362 e. The summed E-state index contributed by atoms with van der Waals surface area (Å²) >= 11 is 0. The highest BCUT2D eigenvalue weighted by atomic mass is 16.1. The van der Waals surface area contributed by atoms with Gasteiger partial charge < -0.3 is 4.98 Å². The number of aryl methyl sites for hydroxylation is 2. The molecule has 0 amide bonds. The maximum atomic E-state index is 11.6. The van der Waals surface area contributed by atoms with Crippen LogP contribution in [0.25, 0.3) is 0 Å². The van der Waals surface area contributed by atoms with Crippen LogP contribution < -0.4 is 0 Å². The quantitative estimate of drug-likeness (QED) is 0.624. The Bertz CT molecular complexity index is 325. The van der Waals surface area contributed by atoms with E-state index in [1.165, 1.54) is 0 Å². The Hall–Kier alpha value is -1.05. The predicted molar refractivity (Wildman–Crippen MR) is 47.3 cm³/mol. The maximum Gasteiger partial charge on any atom is 0.167 e. The van der Waals surface area contributed by atoms with Crippen molar-refractivity contribution in [1.82, 2.24) is 4.98 Å². The molecule has 0 aliphatic heterocycles. The van der Waals surface area contributed by atoms with Crippen molar-refractivity contribution < 1.29 is 4.79 Å². The normalized spacial score (nSPS) is 22.5. The summed E-state index contributed by atoms with van der Waals surface area (Å²) in [6.45, 7) is 4.00. The molecule has 0 saturated carbocycles. The number of nitrogens with one attached hydrogen (secondary N) is 1. The van der Waals surface area contributed by atoms with Crippen LogP contribution in [0.1, 0.15) is 35.1 Å². The van der Waals surface area contributed by atoms with Gasteiger partial charge in [0.15, 0.2) is 5.78 Å². The van der Waals surface area contributed by atoms with Crippen molar-refractivity contribution >= 4 is 5.78 Å². The van der Waals surface area contributed by atoms with E-state index in [2.05, 4.69) is 4.98 Å². The molecule has 2 rings (SSSR count). The first-order chi connectivity index (χ1) is 5.68. The average Bonchev–Trinajstić information content (AvgIpc) is 2.39. The van der Waals surface area contributed by atoms with E-state index in [1.807, 2.05) is 19.9 Å². The molecule has 12 heavy (non-hydrogen) atoms. The summed E-state index contributed by atoms with van der Waals surface area (Å²) in [7, 11) is 0. The molecule has 0 fully saturated rings. The van der Waals surface area contributed by atoms with Gasteiger partial charge in [0.05, 0.1) is 0 Å². The fourth-order valence-electron chi connectivity index (χ4n) is 1.82. The third kappa shape index (κ3) is 0.986. The van der Waals surface area contributed by atoms with Crippen molar-refractivity contribution in [2.24, 2.45) is 5.92 Å². The molecular weight excluding hydrogens is 150 g/mol. The predicted octanol–water partition coefficient (Wildman–Crippen LogP) is 2.09. The second-order valence-electron chi connectivity index (χ2n) is 3.65. The topological polar surface area (TPSA) is 32.9 Å². The Morgan fingerprint density at radius 2 is 2.33 bits per heavy atom. The standard InChI is InChI=1S/C10H13NO/c1-6-3-4-9-8(10(6)12)5-7(2)11-9/h5-6,11H,3-4H2,1-2H3. The summed E-state index contributed by atoms with van der Waals surface area (Å²) in [5.41, 5.74) is 3.16. The molecule has 1 aliphatic carbocycles. The fraction of sp³-hybridized carbons (Fsp3) is 0.500. The zero-order valence-corrected chi connectivity index (χ0v) is 7.48. The highest BCUT2D eigenvalue weighted by Gasteiger charge is 2.24. The molecule has 1 unspecified atom stereocenters. The number of Topliss-reactive ketones (excluding diaryl/α,β-unsaturated/α-hetero) is 1. The highest BCUT2D eigenvalue weighted by molar-refractivity contribution is 5.99. The number of aromatic amines is 1. The highest BCUT2D eigenvalue weighted by Crippen LogP contribution is 2.25. The van der Waals surface area contributed by atoms with Gasteiger partial charge in [-0.1, -0.05) is 6.92 Å². The van der Waals surface area contributed by atoms with Gasteiger partial charge >= 0.3 is 0 Å². The van der Waals surface area contributed by atoms with Gasteiger partial charge in [-0.05, 0) is 25.8 Å². The summed E-state index contributed by atoms with van der Waals surface area (Å²) in [4.78, 5) is 14.8. The molecule has 1 aliphatic rings. The lowest BCUT2D eigenvalue weighted by Gasteiger charge is -2.16. The zero-order chi connectivity index (χ0) is 8.72. The molecule has 1 aromatic heterocycles. The number of fused-ring (bicyclic) bond motifs is 1. The summed E-state index contributed by atoms with van der Waals surface area (Å²) in [6.07, 6.45) is 2.02. The van der Waals surface area contributed by atoms with Crippen molar-refractivity contribution in [1.29, 1.82) is 0 Å². The molecule has 0 spiro atoms. The van der Waals surface area contributed by atoms with Gasteiger partial charge in [0.25, 0.3) is 0 Å². The number of carbonyl (C=O) groups is 1. The van der Waals surface area contributed by atoms with E-state index in [9.17, 15) is 4.79 Å². The Morgan fingerprint density at radius 3 is 3.08 bits per heavy atom. The maximum absolute atomic E-state index is 11.6. The van der Waals surface area contributed by atoms with Crippen molar-refractivity contribution in [3.05, 3.63) is 23.0 Å². The lowest BCUT2D eigenvalue weighted by atomic mass is 9.88. The Labute approximate surface area is 72.0 Å². The lowest BCUT2D eigenvalue weighted by molar-refractivity contribution is 0.0913. The first kappa shape index (κ1) is 7.59. The van der Waals surface area contributed by atoms with Gasteiger partial charge in [-0.2, -0.15) is 0 Å². The molecule has 64 valence electrons. The van der Waals surface area contributed by atoms with E-state index >= 15 is 0 Å². The first-order valence-corrected chi connectivity index (χ1v) is 4.41. The van der Waals surface area contributed by atoms with E-state index < -0.39 is 0 Å². The van der Waals surface area contributed by atoms with Crippen molar-refractivity contribution in [2.75, 3.05) is 0 Å². The molecule has 0 aromatic carbocycles. The zero-order valence-electron chi connectivity index (χ0n) is 7.48. The van der Waals surface area contributed by atoms with Crippen LogP contribution in [0, 0.1) is 12.8 Å². The summed E-state index contributed by atoms with van der Waals surface area (Å²) in [5.74, 6) is 0.522. The average molecular weight is 163 g/mol. The van der Waals surface area contributed by atoms with Gasteiger partial charge in [0.2, 0.25) is 0 Å². The Kier molecular flexibility index (Phi) is 1.56. The van der Waals surface area contributed by atoms with Gasteiger partial charge in [-0.3, -0.25) is 4.79 Å². The van der Waals surface area contributed by atoms with Gasteiger partial charge in [0, 0.05) is 22.9 Å². The fourth-order valence-corrected chi connectivity index (χ4v) is 1.82. The van der Waals surface area contributed by atoms with Crippen molar-refractivity contribution in [3.63, 3.8) is 0 Å². The summed E-state index contributed by atoms with van der Waals surface area (Å²) in [6, 6.07) is 1.97. The number of H-pyrrole nitrogens is 1. The van der Waals surface area contributed by atoms with Gasteiger partial charge in [-0.25, -0.2) is 0 Å². The third-order valence-electron chi connectivity index (χ3n) is 2.57. The van der Waals surface area contributed by atoms with Crippen LogP contribution >= 0.6 is 0 Å². The van der Waals surface area contributed by atoms with E-state index in [1.54, 1.807) is 0 Å². The smallest absolute Gasteiger partial charge is 0.167 e. The molecule has 1 atom stereocenters. The minimum Gasteiger partial charge on any atom is -0.362 e. The van der Waals surface area contributed by atoms with Crippen LogP contribution in [0.5, 0.6) is 0 Å². The number of ketones is 1. The number of hydrogen-bond donors (Lipinski definition) is 1. The molecular formula is C10H13NO. The van der Waals surface area contributed by atoms with Gasteiger partial charge in [0.1, 0.15) is 0 Å². The number of aromatic nitrogens is 1. The van der Waals surface area contributed by atoms with Crippen LogP contribution in [-0.2, 0) is 6.42 Å². The minimum absolute atomic E-state index is 0.215. The van der Waals surface area contributed by atoms with Crippen molar-refractivity contribution in [3.8, 4) is 0 Å². The second-order valence-corrected chi connectivity index (χ2v) is 3.65. The van der Waals surface area contributed by atoms with E-state index in [4.69, 9.17) is 0 Å². The lowest BCUT2D eigenvalue weighted by Crippen LogP contribution is -2.18. The first-order valence-electron chi connectivity index (χ1n) is 4.41. The molecule has 0 bridgehead atoms. The monoisotopic (exact) mass is 163 g/mol. The number of carbonyl (C=O) groups excluding carboxylic acids is 1. The van der Waals surface area contributed by atoms with Crippen LogP contribution in [0.2, 0.25) is 0 Å². The number of rotatable bonds is 0. The van der Waals surface area contributed by atoms with E-state index in [-0.39, 0.29) is 5.92 Å². The van der Waals surface area contributed by atoms with Crippen LogP contribution in [0.4, 0.5) is 0 Å². The van der Waals surface area contributed by atoms with Gasteiger partial charge in [-0.15, -0.1) is 0 Å². The molecule has 2 heteroatoms. The Balaban J connectivity index is 2.48. The number of hydrogen-bond acceptors (Lipinski definition) is 1. The minimum atomic E-state index is 0.215. The van der Waals surface area contributed by atoms with Crippen LogP contribution in [-0.4, -0.2) is 10.8 Å². The molecule has 1 heterocycles.